The highest BCUT2D eigenvalue weighted by Gasteiger charge is 2.37. The van der Waals surface area contributed by atoms with Gasteiger partial charge in [-0.2, -0.15) is 5.01 Å². The molecule has 0 saturated carbocycles. The molecule has 1 aliphatic rings. The molecule has 3 rings (SSSR count). The van der Waals surface area contributed by atoms with Crippen molar-refractivity contribution in [2.45, 2.75) is 45.2 Å². The average Bonchev–Trinajstić information content (AvgIpc) is 2.99. The molecule has 154 valence electrons. The van der Waals surface area contributed by atoms with E-state index in [0.29, 0.717) is 0 Å². The maximum absolute atomic E-state index is 12.8. The van der Waals surface area contributed by atoms with Crippen molar-refractivity contribution in [1.82, 2.24) is 10.0 Å². The Hall–Kier alpha value is -2.86. The molecular formula is C23H28N2O4. The summed E-state index contributed by atoms with van der Waals surface area (Å²) in [5, 5.41) is 12.2. The summed E-state index contributed by atoms with van der Waals surface area (Å²) in [5.74, 6) is -1.04. The van der Waals surface area contributed by atoms with Crippen LogP contribution >= 0.6 is 0 Å². The zero-order chi connectivity index (χ0) is 21.3. The van der Waals surface area contributed by atoms with Gasteiger partial charge in [0.25, 0.3) is 0 Å². The molecule has 1 atom stereocenters. The van der Waals surface area contributed by atoms with Crippen LogP contribution in [0.4, 0.5) is 4.79 Å². The molecule has 1 aliphatic carbocycles. The van der Waals surface area contributed by atoms with Crippen molar-refractivity contribution >= 4 is 12.1 Å². The number of carbonyl (C=O) groups is 2. The van der Waals surface area contributed by atoms with Crippen LogP contribution in [-0.2, 0) is 9.53 Å². The first kappa shape index (κ1) is 20.9. The molecule has 6 heteroatoms. The number of hydrogen-bond donors (Lipinski definition) is 1. The molecule has 1 N–H and O–H groups in total. The van der Waals surface area contributed by atoms with Crippen molar-refractivity contribution in [3.8, 4) is 11.1 Å². The van der Waals surface area contributed by atoms with Gasteiger partial charge in [-0.15, -0.1) is 0 Å². The van der Waals surface area contributed by atoms with Crippen molar-refractivity contribution < 1.29 is 19.4 Å². The number of carbonyl (C=O) groups excluding carboxylic acids is 1. The molecule has 1 amide bonds. The first-order valence-corrected chi connectivity index (χ1v) is 9.73. The lowest BCUT2D eigenvalue weighted by atomic mass is 9.98. The molecule has 0 bridgehead atoms. The Morgan fingerprint density at radius 1 is 1.03 bits per heavy atom. The fourth-order valence-corrected chi connectivity index (χ4v) is 4.17. The number of fused-ring (bicyclic) bond motifs is 3. The molecule has 6 nitrogen and oxygen atoms in total. The van der Waals surface area contributed by atoms with E-state index in [1.54, 1.807) is 14.0 Å². The average molecular weight is 396 g/mol. The van der Waals surface area contributed by atoms with Crippen LogP contribution in [0.15, 0.2) is 48.5 Å². The molecule has 0 spiro atoms. The fraction of sp³-hybridized carbons (Fsp3) is 0.391. The lowest BCUT2D eigenvalue weighted by Crippen LogP contribution is -2.59. The third-order valence-electron chi connectivity index (χ3n) is 5.34. The van der Waals surface area contributed by atoms with E-state index in [0.717, 1.165) is 22.3 Å². The first-order valence-electron chi connectivity index (χ1n) is 9.73. The molecule has 29 heavy (non-hydrogen) atoms. The zero-order valence-corrected chi connectivity index (χ0v) is 17.5. The maximum Gasteiger partial charge on any atom is 0.424 e. The quantitative estimate of drug-likeness (QED) is 0.761. The van der Waals surface area contributed by atoms with Gasteiger partial charge in [0, 0.05) is 18.5 Å². The number of hydrazine groups is 1. The van der Waals surface area contributed by atoms with E-state index in [1.807, 2.05) is 45.0 Å². The molecule has 0 unspecified atom stereocenters. The van der Waals surface area contributed by atoms with E-state index < -0.39 is 23.6 Å². The van der Waals surface area contributed by atoms with E-state index >= 15 is 0 Å². The SMILES string of the molecule is C[C@@H](C(=O)O)N(N(C)C(=O)OCC1c2ccccc2-c2ccccc21)C(C)(C)C. The number of aliphatic carboxylic acids is 1. The molecule has 0 aromatic heterocycles. The lowest BCUT2D eigenvalue weighted by molar-refractivity contribution is -0.157. The Labute approximate surface area is 171 Å². The van der Waals surface area contributed by atoms with Crippen molar-refractivity contribution in [1.29, 1.82) is 0 Å². The molecule has 0 radical (unpaired) electrons. The Bertz CT molecular complexity index is 874. The second-order valence-corrected chi connectivity index (χ2v) is 8.36. The van der Waals surface area contributed by atoms with Crippen LogP contribution in [0.1, 0.15) is 44.7 Å². The number of ether oxygens (including phenoxy) is 1. The number of amides is 1. The van der Waals surface area contributed by atoms with Gasteiger partial charge in [0.2, 0.25) is 0 Å². The standard InChI is InChI=1S/C23H28N2O4/c1-15(21(26)27)25(23(2,3)4)24(5)22(28)29-14-20-18-12-8-6-10-16(18)17-11-7-9-13-19(17)20/h6-13,15,20H,14H2,1-5H3,(H,26,27)/t15-/m0/s1. The molecule has 0 heterocycles. The van der Waals surface area contributed by atoms with Crippen LogP contribution in [0.2, 0.25) is 0 Å². The molecular weight excluding hydrogens is 368 g/mol. The minimum atomic E-state index is -1.00. The molecule has 0 saturated heterocycles. The van der Waals surface area contributed by atoms with Crippen LogP contribution in [0.3, 0.4) is 0 Å². The smallest absolute Gasteiger partial charge is 0.424 e. The largest absolute Gasteiger partial charge is 0.480 e. The summed E-state index contributed by atoms with van der Waals surface area (Å²) in [4.78, 5) is 24.3. The molecule has 0 aliphatic heterocycles. The Kier molecular flexibility index (Phi) is 5.66. The molecule has 2 aromatic rings. The predicted octanol–water partition coefficient (Wildman–Crippen LogP) is 4.36. The van der Waals surface area contributed by atoms with Gasteiger partial charge >= 0.3 is 12.1 Å². The van der Waals surface area contributed by atoms with Gasteiger partial charge in [-0.05, 0) is 49.9 Å². The second kappa shape index (κ2) is 7.87. The van der Waals surface area contributed by atoms with Gasteiger partial charge in [0.1, 0.15) is 12.6 Å². The highest BCUT2D eigenvalue weighted by molar-refractivity contribution is 5.79. The van der Waals surface area contributed by atoms with Crippen molar-refractivity contribution in [2.24, 2.45) is 0 Å². The normalized spacial score (nSPS) is 14.3. The summed E-state index contributed by atoms with van der Waals surface area (Å²) >= 11 is 0. The van der Waals surface area contributed by atoms with Gasteiger partial charge < -0.3 is 9.84 Å². The number of carboxylic acids is 1. The highest BCUT2D eigenvalue weighted by atomic mass is 16.6. The number of carboxylic acid groups (broad SMARTS) is 1. The number of benzene rings is 2. The number of hydrogen-bond acceptors (Lipinski definition) is 4. The van der Waals surface area contributed by atoms with Crippen molar-refractivity contribution in [3.63, 3.8) is 0 Å². The minimum absolute atomic E-state index is 0.0419. The Balaban J connectivity index is 1.79. The Morgan fingerprint density at radius 3 is 1.97 bits per heavy atom. The van der Waals surface area contributed by atoms with E-state index in [-0.39, 0.29) is 12.5 Å². The van der Waals surface area contributed by atoms with Crippen LogP contribution in [0, 0.1) is 0 Å². The predicted molar refractivity (Wildman–Crippen MR) is 112 cm³/mol. The summed E-state index contributed by atoms with van der Waals surface area (Å²) < 4.78 is 5.66. The van der Waals surface area contributed by atoms with Crippen molar-refractivity contribution in [2.75, 3.05) is 13.7 Å². The van der Waals surface area contributed by atoms with Crippen LogP contribution < -0.4 is 0 Å². The third-order valence-corrected chi connectivity index (χ3v) is 5.34. The summed E-state index contributed by atoms with van der Waals surface area (Å²) in [6, 6.07) is 15.4. The van der Waals surface area contributed by atoms with E-state index in [2.05, 4.69) is 24.3 Å². The number of nitrogens with zero attached hydrogens (tertiary/aromatic N) is 2. The van der Waals surface area contributed by atoms with Gasteiger partial charge in [-0.3, -0.25) is 4.79 Å². The van der Waals surface area contributed by atoms with Gasteiger partial charge in [-0.1, -0.05) is 48.5 Å². The fourth-order valence-electron chi connectivity index (χ4n) is 4.17. The van der Waals surface area contributed by atoms with Crippen molar-refractivity contribution in [3.05, 3.63) is 59.7 Å². The van der Waals surface area contributed by atoms with E-state index in [1.165, 1.54) is 10.0 Å². The second-order valence-electron chi connectivity index (χ2n) is 8.36. The lowest BCUT2D eigenvalue weighted by Gasteiger charge is -2.43. The maximum atomic E-state index is 12.8. The van der Waals surface area contributed by atoms with Crippen LogP contribution in [0.5, 0.6) is 0 Å². The summed E-state index contributed by atoms with van der Waals surface area (Å²) in [5.41, 5.74) is 4.02. The summed E-state index contributed by atoms with van der Waals surface area (Å²) in [7, 11) is 1.55. The monoisotopic (exact) mass is 396 g/mol. The first-order chi connectivity index (χ1) is 13.6. The van der Waals surface area contributed by atoms with Gasteiger partial charge in [0.05, 0.1) is 0 Å². The van der Waals surface area contributed by atoms with Gasteiger partial charge in [0.15, 0.2) is 0 Å². The Morgan fingerprint density at radius 2 is 1.52 bits per heavy atom. The highest BCUT2D eigenvalue weighted by Crippen LogP contribution is 2.44. The van der Waals surface area contributed by atoms with Gasteiger partial charge in [-0.25, -0.2) is 9.80 Å². The van der Waals surface area contributed by atoms with E-state index in [9.17, 15) is 14.7 Å². The summed E-state index contributed by atoms with van der Waals surface area (Å²) in [6.45, 7) is 7.33. The minimum Gasteiger partial charge on any atom is -0.480 e. The summed E-state index contributed by atoms with van der Waals surface area (Å²) in [6.07, 6.45) is -0.574. The topological polar surface area (TPSA) is 70.1 Å². The number of rotatable bonds is 5. The van der Waals surface area contributed by atoms with E-state index in [4.69, 9.17) is 4.74 Å². The van der Waals surface area contributed by atoms with Crippen LogP contribution in [0.25, 0.3) is 11.1 Å². The zero-order valence-electron chi connectivity index (χ0n) is 17.5. The molecule has 0 fully saturated rings. The van der Waals surface area contributed by atoms with Crippen LogP contribution in [-0.4, -0.2) is 52.4 Å². The molecule has 2 aromatic carbocycles. The third kappa shape index (κ3) is 3.98.